The molecular formula is C17H16ClNO3. The van der Waals surface area contributed by atoms with E-state index < -0.39 is 11.9 Å². The molecule has 0 aliphatic heterocycles. The predicted molar refractivity (Wildman–Crippen MR) is 86.0 cm³/mol. The molecule has 0 aromatic heterocycles. The zero-order valence-electron chi connectivity index (χ0n) is 11.8. The lowest BCUT2D eigenvalue weighted by molar-refractivity contribution is -0.143. The van der Waals surface area contributed by atoms with Gasteiger partial charge in [0.2, 0.25) is 5.91 Å². The molecule has 0 spiro atoms. The summed E-state index contributed by atoms with van der Waals surface area (Å²) in [6.45, 7) is 0. The third-order valence-corrected chi connectivity index (χ3v) is 3.49. The SMILES string of the molecule is O=C(C[C@H](Cc1ccc(Cl)cc1)C(=O)O)Nc1ccccc1. The molecule has 0 bridgehead atoms. The number of rotatable bonds is 6. The molecule has 4 nitrogen and oxygen atoms in total. The van der Waals surface area contributed by atoms with Crippen molar-refractivity contribution in [3.8, 4) is 0 Å². The first-order valence-corrected chi connectivity index (χ1v) is 7.24. The van der Waals surface area contributed by atoms with E-state index in [0.717, 1.165) is 5.56 Å². The summed E-state index contributed by atoms with van der Waals surface area (Å²) in [5.74, 6) is -2.07. The largest absolute Gasteiger partial charge is 0.481 e. The van der Waals surface area contributed by atoms with Crippen LogP contribution in [0.4, 0.5) is 5.69 Å². The lowest BCUT2D eigenvalue weighted by atomic mass is 9.96. The minimum absolute atomic E-state index is 0.0765. The van der Waals surface area contributed by atoms with Crippen LogP contribution in [0.1, 0.15) is 12.0 Å². The lowest BCUT2D eigenvalue weighted by Gasteiger charge is -2.12. The van der Waals surface area contributed by atoms with Gasteiger partial charge in [0.1, 0.15) is 0 Å². The fourth-order valence-electron chi connectivity index (χ4n) is 2.11. The van der Waals surface area contributed by atoms with Crippen LogP contribution in [-0.2, 0) is 16.0 Å². The zero-order chi connectivity index (χ0) is 15.9. The van der Waals surface area contributed by atoms with E-state index in [4.69, 9.17) is 11.6 Å². The van der Waals surface area contributed by atoms with Crippen LogP contribution in [0.2, 0.25) is 5.02 Å². The summed E-state index contributed by atoms with van der Waals surface area (Å²) in [6, 6.07) is 15.9. The Hall–Kier alpha value is -2.33. The maximum absolute atomic E-state index is 12.0. The number of para-hydroxylation sites is 1. The van der Waals surface area contributed by atoms with Crippen molar-refractivity contribution in [2.75, 3.05) is 5.32 Å². The van der Waals surface area contributed by atoms with Crippen LogP contribution < -0.4 is 5.32 Å². The Kier molecular flexibility index (Phi) is 5.55. The molecule has 2 N–H and O–H groups in total. The van der Waals surface area contributed by atoms with E-state index in [1.807, 2.05) is 6.07 Å². The number of carbonyl (C=O) groups excluding carboxylic acids is 1. The molecule has 0 aliphatic carbocycles. The standard InChI is InChI=1S/C17H16ClNO3/c18-14-8-6-12(7-9-14)10-13(17(21)22)11-16(20)19-15-4-2-1-3-5-15/h1-9,13H,10-11H2,(H,19,20)(H,21,22)/t13-/m0/s1. The summed E-state index contributed by atoms with van der Waals surface area (Å²) in [5, 5.41) is 12.6. The second kappa shape index (κ2) is 7.61. The van der Waals surface area contributed by atoms with Crippen LogP contribution in [0.5, 0.6) is 0 Å². The molecular weight excluding hydrogens is 302 g/mol. The Morgan fingerprint density at radius 1 is 1.05 bits per heavy atom. The van der Waals surface area contributed by atoms with Gasteiger partial charge in [0, 0.05) is 17.1 Å². The van der Waals surface area contributed by atoms with Gasteiger partial charge in [0.15, 0.2) is 0 Å². The monoisotopic (exact) mass is 317 g/mol. The second-order valence-electron chi connectivity index (χ2n) is 4.98. The van der Waals surface area contributed by atoms with Crippen molar-refractivity contribution in [1.82, 2.24) is 0 Å². The molecule has 0 aliphatic rings. The highest BCUT2D eigenvalue weighted by Gasteiger charge is 2.21. The highest BCUT2D eigenvalue weighted by Crippen LogP contribution is 2.17. The van der Waals surface area contributed by atoms with Crippen molar-refractivity contribution >= 4 is 29.2 Å². The number of nitrogens with one attached hydrogen (secondary N) is 1. The van der Waals surface area contributed by atoms with Gasteiger partial charge < -0.3 is 10.4 Å². The molecule has 0 radical (unpaired) electrons. The van der Waals surface area contributed by atoms with Crippen LogP contribution in [-0.4, -0.2) is 17.0 Å². The number of carboxylic acids is 1. The molecule has 0 fully saturated rings. The first-order chi connectivity index (χ1) is 10.5. The number of aliphatic carboxylic acids is 1. The first kappa shape index (κ1) is 16.0. The molecule has 5 heteroatoms. The van der Waals surface area contributed by atoms with Crippen molar-refractivity contribution in [3.05, 3.63) is 65.2 Å². The first-order valence-electron chi connectivity index (χ1n) is 6.87. The maximum Gasteiger partial charge on any atom is 0.307 e. The fraction of sp³-hybridized carbons (Fsp3) is 0.176. The molecule has 22 heavy (non-hydrogen) atoms. The van der Waals surface area contributed by atoms with Gasteiger partial charge >= 0.3 is 5.97 Å². The van der Waals surface area contributed by atoms with Gasteiger partial charge in [-0.15, -0.1) is 0 Å². The quantitative estimate of drug-likeness (QED) is 0.855. The molecule has 2 rings (SSSR count). The lowest BCUT2D eigenvalue weighted by Crippen LogP contribution is -2.24. The summed E-state index contributed by atoms with van der Waals surface area (Å²) in [7, 11) is 0. The van der Waals surface area contributed by atoms with Crippen LogP contribution in [0.15, 0.2) is 54.6 Å². The Labute approximate surface area is 133 Å². The van der Waals surface area contributed by atoms with Crippen LogP contribution in [0, 0.1) is 5.92 Å². The summed E-state index contributed by atoms with van der Waals surface area (Å²) in [5.41, 5.74) is 1.49. The fourth-order valence-corrected chi connectivity index (χ4v) is 2.24. The van der Waals surface area contributed by atoms with E-state index in [-0.39, 0.29) is 18.7 Å². The van der Waals surface area contributed by atoms with Crippen molar-refractivity contribution in [3.63, 3.8) is 0 Å². The second-order valence-corrected chi connectivity index (χ2v) is 5.42. The average Bonchev–Trinajstić information content (AvgIpc) is 2.49. The smallest absolute Gasteiger partial charge is 0.307 e. The van der Waals surface area contributed by atoms with Gasteiger partial charge in [-0.2, -0.15) is 0 Å². The molecule has 0 saturated heterocycles. The molecule has 0 saturated carbocycles. The summed E-state index contributed by atoms with van der Waals surface area (Å²) < 4.78 is 0. The Morgan fingerprint density at radius 3 is 2.27 bits per heavy atom. The summed E-state index contributed by atoms with van der Waals surface area (Å²) in [4.78, 5) is 23.3. The van der Waals surface area contributed by atoms with E-state index in [0.29, 0.717) is 10.7 Å². The topological polar surface area (TPSA) is 66.4 Å². The van der Waals surface area contributed by atoms with Crippen molar-refractivity contribution in [2.45, 2.75) is 12.8 Å². The van der Waals surface area contributed by atoms with Crippen LogP contribution in [0.25, 0.3) is 0 Å². The minimum Gasteiger partial charge on any atom is -0.481 e. The third kappa shape index (κ3) is 4.90. The molecule has 0 heterocycles. The highest BCUT2D eigenvalue weighted by atomic mass is 35.5. The minimum atomic E-state index is -0.988. The van der Waals surface area contributed by atoms with Crippen molar-refractivity contribution < 1.29 is 14.7 Å². The number of benzene rings is 2. The highest BCUT2D eigenvalue weighted by molar-refractivity contribution is 6.30. The van der Waals surface area contributed by atoms with E-state index in [1.54, 1.807) is 48.5 Å². The number of halogens is 1. The van der Waals surface area contributed by atoms with Gasteiger partial charge in [0.25, 0.3) is 0 Å². The molecule has 114 valence electrons. The van der Waals surface area contributed by atoms with Gasteiger partial charge in [-0.1, -0.05) is 41.9 Å². The average molecular weight is 318 g/mol. The van der Waals surface area contributed by atoms with Gasteiger partial charge in [-0.3, -0.25) is 9.59 Å². The molecule has 2 aromatic carbocycles. The number of amides is 1. The number of carboxylic acid groups (broad SMARTS) is 1. The summed E-state index contributed by atoms with van der Waals surface area (Å²) in [6.07, 6.45) is 0.210. The molecule has 1 atom stereocenters. The third-order valence-electron chi connectivity index (χ3n) is 3.23. The van der Waals surface area contributed by atoms with Gasteiger partial charge in [0.05, 0.1) is 5.92 Å². The molecule has 0 unspecified atom stereocenters. The van der Waals surface area contributed by atoms with E-state index in [9.17, 15) is 14.7 Å². The normalized spacial score (nSPS) is 11.7. The maximum atomic E-state index is 12.0. The summed E-state index contributed by atoms with van der Waals surface area (Å²) >= 11 is 5.80. The van der Waals surface area contributed by atoms with Crippen molar-refractivity contribution in [1.29, 1.82) is 0 Å². The Morgan fingerprint density at radius 2 is 1.68 bits per heavy atom. The molecule has 1 amide bonds. The van der Waals surface area contributed by atoms with Crippen LogP contribution in [0.3, 0.4) is 0 Å². The molecule has 2 aromatic rings. The van der Waals surface area contributed by atoms with E-state index in [1.165, 1.54) is 0 Å². The zero-order valence-corrected chi connectivity index (χ0v) is 12.6. The van der Waals surface area contributed by atoms with Gasteiger partial charge in [-0.05, 0) is 36.2 Å². The number of hydrogen-bond acceptors (Lipinski definition) is 2. The van der Waals surface area contributed by atoms with E-state index >= 15 is 0 Å². The number of anilines is 1. The van der Waals surface area contributed by atoms with Crippen LogP contribution >= 0.6 is 11.6 Å². The van der Waals surface area contributed by atoms with Crippen molar-refractivity contribution in [2.24, 2.45) is 5.92 Å². The van der Waals surface area contributed by atoms with Gasteiger partial charge in [-0.25, -0.2) is 0 Å². The Bertz CT molecular complexity index is 641. The Balaban J connectivity index is 1.98. The number of hydrogen-bond donors (Lipinski definition) is 2. The predicted octanol–water partition coefficient (Wildman–Crippen LogP) is 3.61. The van der Waals surface area contributed by atoms with E-state index in [2.05, 4.69) is 5.32 Å². The number of carbonyl (C=O) groups is 2.